The van der Waals surface area contributed by atoms with E-state index in [4.69, 9.17) is 5.73 Å². The summed E-state index contributed by atoms with van der Waals surface area (Å²) >= 11 is 0. The zero-order chi connectivity index (χ0) is 14.7. The Bertz CT molecular complexity index is 685. The van der Waals surface area contributed by atoms with Gasteiger partial charge in [0.1, 0.15) is 5.82 Å². The van der Waals surface area contributed by atoms with Gasteiger partial charge in [0.15, 0.2) is 0 Å². The maximum absolute atomic E-state index is 12.0. The molecule has 20 heavy (non-hydrogen) atoms. The van der Waals surface area contributed by atoms with Crippen molar-refractivity contribution in [3.05, 3.63) is 57.8 Å². The van der Waals surface area contributed by atoms with Crippen molar-refractivity contribution in [1.82, 2.24) is 4.98 Å². The molecule has 1 heterocycles. The second kappa shape index (κ2) is 5.35. The van der Waals surface area contributed by atoms with Crippen LogP contribution in [0.25, 0.3) is 0 Å². The second-order valence-electron chi connectivity index (χ2n) is 4.18. The summed E-state index contributed by atoms with van der Waals surface area (Å²) in [5.74, 6) is -0.107. The Morgan fingerprint density at radius 1 is 1.35 bits per heavy atom. The number of nitrogens with zero attached hydrogens (tertiary/aromatic N) is 2. The summed E-state index contributed by atoms with van der Waals surface area (Å²) in [5.41, 5.74) is 6.83. The predicted molar refractivity (Wildman–Crippen MR) is 74.4 cm³/mol. The third-order valence-corrected chi connectivity index (χ3v) is 2.69. The standard InChI is InChI=1S/C13H12N4O3/c1-8-6-10(2-3-11(8)17(19)20)16-13(18)9-4-5-15-12(14)7-9/h2-7H,1H3,(H2,14,15)(H,16,18). The number of amides is 1. The van der Waals surface area contributed by atoms with Crippen molar-refractivity contribution < 1.29 is 9.72 Å². The molecule has 0 radical (unpaired) electrons. The van der Waals surface area contributed by atoms with Gasteiger partial charge in [0.2, 0.25) is 0 Å². The predicted octanol–water partition coefficient (Wildman–Crippen LogP) is 2.13. The van der Waals surface area contributed by atoms with E-state index in [2.05, 4.69) is 10.3 Å². The molecule has 2 aromatic rings. The highest BCUT2D eigenvalue weighted by Crippen LogP contribution is 2.22. The Labute approximate surface area is 114 Å². The highest BCUT2D eigenvalue weighted by molar-refractivity contribution is 6.04. The number of aryl methyl sites for hydroxylation is 1. The molecule has 1 amide bonds. The lowest BCUT2D eigenvalue weighted by Gasteiger charge is -2.06. The van der Waals surface area contributed by atoms with Gasteiger partial charge in [0.25, 0.3) is 11.6 Å². The van der Waals surface area contributed by atoms with Crippen LogP contribution in [0.5, 0.6) is 0 Å². The highest BCUT2D eigenvalue weighted by atomic mass is 16.6. The lowest BCUT2D eigenvalue weighted by molar-refractivity contribution is -0.385. The van der Waals surface area contributed by atoms with Gasteiger partial charge in [-0.3, -0.25) is 14.9 Å². The number of rotatable bonds is 3. The number of benzene rings is 1. The van der Waals surface area contributed by atoms with Crippen molar-refractivity contribution in [2.24, 2.45) is 0 Å². The highest BCUT2D eigenvalue weighted by Gasteiger charge is 2.12. The molecule has 7 heteroatoms. The zero-order valence-electron chi connectivity index (χ0n) is 10.7. The van der Waals surface area contributed by atoms with E-state index in [1.54, 1.807) is 13.0 Å². The summed E-state index contributed by atoms with van der Waals surface area (Å²) in [6.45, 7) is 1.61. The first kappa shape index (κ1) is 13.5. The van der Waals surface area contributed by atoms with Gasteiger partial charge in [-0.2, -0.15) is 0 Å². The Morgan fingerprint density at radius 2 is 2.10 bits per heavy atom. The van der Waals surface area contributed by atoms with Crippen LogP contribution in [-0.4, -0.2) is 15.8 Å². The molecule has 7 nitrogen and oxygen atoms in total. The summed E-state index contributed by atoms with van der Waals surface area (Å²) in [4.78, 5) is 26.0. The average Bonchev–Trinajstić information content (AvgIpc) is 2.38. The molecule has 102 valence electrons. The molecule has 0 saturated carbocycles. The van der Waals surface area contributed by atoms with Crippen LogP contribution < -0.4 is 11.1 Å². The van der Waals surface area contributed by atoms with Gasteiger partial charge in [-0.1, -0.05) is 0 Å². The van der Waals surface area contributed by atoms with E-state index in [-0.39, 0.29) is 17.4 Å². The van der Waals surface area contributed by atoms with E-state index in [9.17, 15) is 14.9 Å². The molecule has 0 bridgehead atoms. The van der Waals surface area contributed by atoms with Crippen LogP contribution in [0.2, 0.25) is 0 Å². The first-order valence-corrected chi connectivity index (χ1v) is 5.75. The number of carbonyl (C=O) groups is 1. The minimum Gasteiger partial charge on any atom is -0.384 e. The zero-order valence-corrected chi connectivity index (χ0v) is 10.7. The topological polar surface area (TPSA) is 111 Å². The number of nitrogens with two attached hydrogens (primary N) is 1. The molecule has 1 aromatic heterocycles. The van der Waals surface area contributed by atoms with Crippen LogP contribution in [0.1, 0.15) is 15.9 Å². The van der Waals surface area contributed by atoms with Crippen molar-refractivity contribution in [3.63, 3.8) is 0 Å². The Hall–Kier alpha value is -2.96. The van der Waals surface area contributed by atoms with E-state index in [0.717, 1.165) is 0 Å². The van der Waals surface area contributed by atoms with Gasteiger partial charge in [-0.15, -0.1) is 0 Å². The number of nitro groups is 1. The Morgan fingerprint density at radius 3 is 2.70 bits per heavy atom. The Kier molecular flexibility index (Phi) is 3.60. The van der Waals surface area contributed by atoms with Crippen LogP contribution in [0.15, 0.2) is 36.5 Å². The molecule has 0 aliphatic rings. The first-order valence-electron chi connectivity index (χ1n) is 5.75. The summed E-state index contributed by atoms with van der Waals surface area (Å²) in [5, 5.41) is 13.4. The van der Waals surface area contributed by atoms with Crippen molar-refractivity contribution in [2.45, 2.75) is 6.92 Å². The third-order valence-electron chi connectivity index (χ3n) is 2.69. The number of nitro benzene ring substituents is 1. The Balaban J connectivity index is 2.20. The van der Waals surface area contributed by atoms with Gasteiger partial charge in [-0.05, 0) is 31.2 Å². The lowest BCUT2D eigenvalue weighted by atomic mass is 10.1. The molecule has 0 atom stereocenters. The summed E-state index contributed by atoms with van der Waals surface area (Å²) in [6, 6.07) is 7.36. The summed E-state index contributed by atoms with van der Waals surface area (Å²) in [6.07, 6.45) is 1.44. The van der Waals surface area contributed by atoms with Crippen LogP contribution >= 0.6 is 0 Å². The first-order chi connectivity index (χ1) is 9.47. The van der Waals surface area contributed by atoms with E-state index in [1.807, 2.05) is 0 Å². The number of hydrogen-bond acceptors (Lipinski definition) is 5. The molecular weight excluding hydrogens is 260 g/mol. The molecule has 1 aromatic carbocycles. The van der Waals surface area contributed by atoms with Crippen molar-refractivity contribution >= 4 is 23.1 Å². The fourth-order valence-electron chi connectivity index (χ4n) is 1.73. The number of hydrogen-bond donors (Lipinski definition) is 2. The van der Waals surface area contributed by atoms with Gasteiger partial charge in [0, 0.05) is 29.1 Å². The SMILES string of the molecule is Cc1cc(NC(=O)c2ccnc(N)c2)ccc1[N+](=O)[O-]. The van der Waals surface area contributed by atoms with Crippen LogP contribution in [0.4, 0.5) is 17.2 Å². The average molecular weight is 272 g/mol. The van der Waals surface area contributed by atoms with Crippen molar-refractivity contribution in [3.8, 4) is 0 Å². The number of carbonyl (C=O) groups excluding carboxylic acids is 1. The molecule has 0 fully saturated rings. The number of anilines is 2. The molecule has 0 saturated heterocycles. The monoisotopic (exact) mass is 272 g/mol. The fourth-order valence-corrected chi connectivity index (χ4v) is 1.73. The van der Waals surface area contributed by atoms with E-state index in [1.165, 1.54) is 30.5 Å². The van der Waals surface area contributed by atoms with Crippen molar-refractivity contribution in [1.29, 1.82) is 0 Å². The largest absolute Gasteiger partial charge is 0.384 e. The molecular formula is C13H12N4O3. The van der Waals surface area contributed by atoms with Crippen LogP contribution in [0, 0.1) is 17.0 Å². The summed E-state index contributed by atoms with van der Waals surface area (Å²) in [7, 11) is 0. The molecule has 0 unspecified atom stereocenters. The van der Waals surface area contributed by atoms with Gasteiger partial charge in [-0.25, -0.2) is 4.98 Å². The minimum absolute atomic E-state index is 0.0103. The molecule has 0 aliphatic heterocycles. The fraction of sp³-hybridized carbons (Fsp3) is 0.0769. The number of nitrogens with one attached hydrogen (secondary N) is 1. The number of nitrogen functional groups attached to an aromatic ring is 1. The van der Waals surface area contributed by atoms with Gasteiger partial charge >= 0.3 is 0 Å². The molecule has 0 aliphatic carbocycles. The van der Waals surface area contributed by atoms with E-state index in [0.29, 0.717) is 16.8 Å². The quantitative estimate of drug-likeness (QED) is 0.656. The van der Waals surface area contributed by atoms with E-state index < -0.39 is 4.92 Å². The number of pyridine rings is 1. The second-order valence-corrected chi connectivity index (χ2v) is 4.18. The van der Waals surface area contributed by atoms with Crippen molar-refractivity contribution in [2.75, 3.05) is 11.1 Å². The molecule has 2 rings (SSSR count). The molecule has 0 spiro atoms. The minimum atomic E-state index is -0.468. The van der Waals surface area contributed by atoms with E-state index >= 15 is 0 Å². The van der Waals surface area contributed by atoms with Crippen LogP contribution in [-0.2, 0) is 0 Å². The smallest absolute Gasteiger partial charge is 0.272 e. The lowest BCUT2D eigenvalue weighted by Crippen LogP contribution is -2.12. The van der Waals surface area contributed by atoms with Crippen LogP contribution in [0.3, 0.4) is 0 Å². The summed E-state index contributed by atoms with van der Waals surface area (Å²) < 4.78 is 0. The van der Waals surface area contributed by atoms with Gasteiger partial charge < -0.3 is 11.1 Å². The maximum atomic E-state index is 12.0. The maximum Gasteiger partial charge on any atom is 0.272 e. The normalized spacial score (nSPS) is 10.1. The van der Waals surface area contributed by atoms with Gasteiger partial charge in [0.05, 0.1) is 4.92 Å². The molecule has 3 N–H and O–H groups in total. The third kappa shape index (κ3) is 2.89. The number of aromatic nitrogens is 1.